The number of anilines is 1. The number of nitrogens with zero attached hydrogens (tertiary/aromatic N) is 5. The predicted molar refractivity (Wildman–Crippen MR) is 148 cm³/mol. The molecule has 0 spiro atoms. The van der Waals surface area contributed by atoms with Crippen molar-refractivity contribution in [3.05, 3.63) is 54.0 Å². The first-order valence-electron chi connectivity index (χ1n) is 14.1. The summed E-state index contributed by atoms with van der Waals surface area (Å²) in [6, 6.07) is 8.72. The Bertz CT molecular complexity index is 1180. The number of aromatic nitrogens is 3. The fraction of sp³-hybridized carbons (Fsp3) is 0.552. The second kappa shape index (κ2) is 12.7. The quantitative estimate of drug-likeness (QED) is 0.397. The van der Waals surface area contributed by atoms with E-state index in [4.69, 9.17) is 9.57 Å². The number of hydrogen-bond acceptors (Lipinski definition) is 7. The third-order valence-electron chi connectivity index (χ3n) is 7.79. The van der Waals surface area contributed by atoms with Gasteiger partial charge in [0.15, 0.2) is 6.29 Å². The molecule has 1 N–H and O–H groups in total. The van der Waals surface area contributed by atoms with E-state index < -0.39 is 0 Å². The summed E-state index contributed by atoms with van der Waals surface area (Å²) in [5.74, 6) is 0.970. The molecule has 2 fully saturated rings. The van der Waals surface area contributed by atoms with Gasteiger partial charge in [0.05, 0.1) is 5.56 Å². The fourth-order valence-corrected chi connectivity index (χ4v) is 5.52. The number of nitrogens with one attached hydrogen (secondary N) is 1. The van der Waals surface area contributed by atoms with Gasteiger partial charge in [-0.1, -0.05) is 25.1 Å². The highest BCUT2D eigenvalue weighted by Crippen LogP contribution is 2.25. The minimum absolute atomic E-state index is 0.355. The first-order valence-corrected chi connectivity index (χ1v) is 14.1. The molecule has 2 aliphatic heterocycles. The van der Waals surface area contributed by atoms with Crippen molar-refractivity contribution in [2.45, 2.75) is 65.3 Å². The van der Waals surface area contributed by atoms with Crippen molar-refractivity contribution in [3.63, 3.8) is 0 Å². The monoisotopic (exact) mass is 520 g/mol. The Morgan fingerprint density at radius 3 is 2.63 bits per heavy atom. The number of amides is 1. The van der Waals surface area contributed by atoms with Gasteiger partial charge in [-0.25, -0.2) is 20.3 Å². The lowest BCUT2D eigenvalue weighted by molar-refractivity contribution is -0.186. The predicted octanol–water partition coefficient (Wildman–Crippen LogP) is 4.38. The van der Waals surface area contributed by atoms with Crippen LogP contribution in [-0.4, -0.2) is 64.4 Å². The molecular weight excluding hydrogens is 480 g/mol. The summed E-state index contributed by atoms with van der Waals surface area (Å²) in [5.41, 5.74) is 5.58. The topological polar surface area (TPSA) is 84.8 Å². The average molecular weight is 521 g/mol. The van der Waals surface area contributed by atoms with E-state index in [1.165, 1.54) is 16.5 Å². The van der Waals surface area contributed by atoms with Crippen LogP contribution in [0, 0.1) is 5.92 Å². The number of ether oxygens (including phenoxy) is 1. The van der Waals surface area contributed by atoms with Gasteiger partial charge in [-0.2, -0.15) is 0 Å². The van der Waals surface area contributed by atoms with Gasteiger partial charge >= 0.3 is 0 Å². The molecule has 38 heavy (non-hydrogen) atoms. The lowest BCUT2D eigenvalue weighted by Crippen LogP contribution is -2.39. The highest BCUT2D eigenvalue weighted by molar-refractivity contribution is 5.92. The third kappa shape index (κ3) is 6.34. The number of hydroxylamine groups is 1. The summed E-state index contributed by atoms with van der Waals surface area (Å²) in [7, 11) is 0. The molecule has 2 aliphatic rings. The molecular formula is C29H40N6O3. The number of hydrogen-bond donors (Lipinski definition) is 1. The van der Waals surface area contributed by atoms with Crippen molar-refractivity contribution < 1.29 is 14.4 Å². The minimum atomic E-state index is -0.380. The van der Waals surface area contributed by atoms with Crippen LogP contribution < -0.4 is 10.4 Å². The van der Waals surface area contributed by atoms with Crippen LogP contribution in [0.1, 0.15) is 61.9 Å². The number of aryl methyl sites for hydroxylation is 1. The lowest BCUT2D eigenvalue weighted by atomic mass is 9.96. The Hall–Kier alpha value is -3.01. The molecule has 9 heteroatoms. The maximum Gasteiger partial charge on any atom is 0.278 e. The Morgan fingerprint density at radius 2 is 1.92 bits per heavy atom. The van der Waals surface area contributed by atoms with E-state index in [2.05, 4.69) is 74.1 Å². The summed E-state index contributed by atoms with van der Waals surface area (Å²) < 4.78 is 7.83. The molecule has 1 atom stereocenters. The molecule has 1 aromatic carbocycles. The number of fused-ring (bicyclic) bond motifs is 1. The molecule has 0 aliphatic carbocycles. The molecule has 1 unspecified atom stereocenters. The van der Waals surface area contributed by atoms with E-state index in [9.17, 15) is 4.79 Å². The SMILES string of the molecule is CCN(Cc1cn(CC)c2ccccc12)CC1CCN(c2ncc(C(=O)NOC3CCCCO3)cn2)CC1. The molecule has 2 saturated heterocycles. The summed E-state index contributed by atoms with van der Waals surface area (Å²) in [4.78, 5) is 31.5. The van der Waals surface area contributed by atoms with Crippen molar-refractivity contribution in [2.24, 2.45) is 5.92 Å². The first-order chi connectivity index (χ1) is 18.6. The highest BCUT2D eigenvalue weighted by atomic mass is 16.8. The van der Waals surface area contributed by atoms with Gasteiger partial charge in [0.2, 0.25) is 5.95 Å². The van der Waals surface area contributed by atoms with Crippen molar-refractivity contribution >= 4 is 22.8 Å². The first kappa shape index (κ1) is 26.6. The van der Waals surface area contributed by atoms with E-state index in [1.54, 1.807) is 12.4 Å². The van der Waals surface area contributed by atoms with Crippen molar-refractivity contribution in [2.75, 3.05) is 37.7 Å². The van der Waals surface area contributed by atoms with E-state index in [-0.39, 0.29) is 12.2 Å². The smallest absolute Gasteiger partial charge is 0.278 e. The van der Waals surface area contributed by atoms with Crippen molar-refractivity contribution in [3.8, 4) is 0 Å². The van der Waals surface area contributed by atoms with Gasteiger partial charge in [0.25, 0.3) is 5.91 Å². The van der Waals surface area contributed by atoms with E-state index in [1.807, 2.05) is 0 Å². The lowest BCUT2D eigenvalue weighted by Gasteiger charge is -2.34. The Labute approximate surface area is 225 Å². The van der Waals surface area contributed by atoms with Gasteiger partial charge in [-0.3, -0.25) is 9.69 Å². The number of rotatable bonds is 10. The maximum atomic E-state index is 12.4. The summed E-state index contributed by atoms with van der Waals surface area (Å²) in [6.45, 7) is 11.1. The molecule has 3 aromatic rings. The fourth-order valence-electron chi connectivity index (χ4n) is 5.52. The number of benzene rings is 1. The van der Waals surface area contributed by atoms with E-state index in [0.29, 0.717) is 24.0 Å². The highest BCUT2D eigenvalue weighted by Gasteiger charge is 2.24. The molecule has 4 heterocycles. The van der Waals surface area contributed by atoms with Gasteiger partial charge in [0.1, 0.15) is 0 Å². The number of para-hydroxylation sites is 1. The van der Waals surface area contributed by atoms with Gasteiger partial charge in [-0.15, -0.1) is 0 Å². The van der Waals surface area contributed by atoms with Crippen LogP contribution in [0.2, 0.25) is 0 Å². The van der Waals surface area contributed by atoms with Crippen LogP contribution in [0.15, 0.2) is 42.9 Å². The van der Waals surface area contributed by atoms with Crippen LogP contribution in [0.3, 0.4) is 0 Å². The third-order valence-corrected chi connectivity index (χ3v) is 7.79. The van der Waals surface area contributed by atoms with E-state index >= 15 is 0 Å². The summed E-state index contributed by atoms with van der Waals surface area (Å²) >= 11 is 0. The Balaban J connectivity index is 1.10. The minimum Gasteiger partial charge on any atom is -0.350 e. The van der Waals surface area contributed by atoms with E-state index in [0.717, 1.165) is 71.4 Å². The van der Waals surface area contributed by atoms with Crippen LogP contribution >= 0.6 is 0 Å². The molecule has 9 nitrogen and oxygen atoms in total. The van der Waals surface area contributed by atoms with Crippen LogP contribution in [0.4, 0.5) is 5.95 Å². The van der Waals surface area contributed by atoms with Crippen molar-refractivity contribution in [1.82, 2.24) is 24.9 Å². The maximum absolute atomic E-state index is 12.4. The molecule has 0 bridgehead atoms. The van der Waals surface area contributed by atoms with Gasteiger partial charge < -0.3 is 14.2 Å². The normalized spacial score (nSPS) is 18.8. The zero-order valence-electron chi connectivity index (χ0n) is 22.6. The van der Waals surface area contributed by atoms with Gasteiger partial charge in [0, 0.05) is 75.2 Å². The standard InChI is InChI=1S/C29H40N6O3/c1-3-33(20-24-21-34(4-2)26-10-6-5-9-25(24)26)19-22-12-14-35(15-13-22)29-30-17-23(18-31-29)28(36)32-38-27-11-7-8-16-37-27/h5-6,9-10,17-18,21-22,27H,3-4,7-8,11-16,19-20H2,1-2H3,(H,32,36). The molecule has 204 valence electrons. The van der Waals surface area contributed by atoms with Crippen molar-refractivity contribution in [1.29, 1.82) is 0 Å². The van der Waals surface area contributed by atoms with Crippen LogP contribution in [-0.2, 0) is 22.7 Å². The number of carbonyl (C=O) groups excluding carboxylic acids is 1. The molecule has 0 radical (unpaired) electrons. The molecule has 2 aromatic heterocycles. The number of carbonyl (C=O) groups is 1. The second-order valence-corrected chi connectivity index (χ2v) is 10.3. The summed E-state index contributed by atoms with van der Waals surface area (Å²) in [6.07, 6.45) is 10.1. The summed E-state index contributed by atoms with van der Waals surface area (Å²) in [5, 5.41) is 1.37. The Morgan fingerprint density at radius 1 is 1.13 bits per heavy atom. The molecule has 5 rings (SSSR count). The largest absolute Gasteiger partial charge is 0.350 e. The number of piperidine rings is 1. The second-order valence-electron chi connectivity index (χ2n) is 10.3. The van der Waals surface area contributed by atoms with Crippen LogP contribution in [0.25, 0.3) is 10.9 Å². The molecule has 0 saturated carbocycles. The zero-order valence-corrected chi connectivity index (χ0v) is 22.6. The average Bonchev–Trinajstić information content (AvgIpc) is 3.34. The Kier molecular flexibility index (Phi) is 8.88. The van der Waals surface area contributed by atoms with Crippen LogP contribution in [0.5, 0.6) is 0 Å². The zero-order chi connectivity index (χ0) is 26.3. The molecule has 1 amide bonds. The van der Waals surface area contributed by atoms with Gasteiger partial charge in [-0.05, 0) is 56.7 Å².